The van der Waals surface area contributed by atoms with E-state index in [0.29, 0.717) is 21.0 Å². The van der Waals surface area contributed by atoms with Crippen molar-refractivity contribution in [2.45, 2.75) is 37.9 Å². The van der Waals surface area contributed by atoms with Gasteiger partial charge in [0.25, 0.3) is 5.91 Å². The number of hydrogen-bond acceptors (Lipinski definition) is 5. The van der Waals surface area contributed by atoms with E-state index in [4.69, 9.17) is 22.1 Å². The zero-order valence-corrected chi connectivity index (χ0v) is 24.1. The summed E-state index contributed by atoms with van der Waals surface area (Å²) in [4.78, 5) is 12.9. The van der Waals surface area contributed by atoms with E-state index in [2.05, 4.69) is 13.8 Å². The van der Waals surface area contributed by atoms with Gasteiger partial charge in [0.2, 0.25) is 0 Å². The second-order valence-electron chi connectivity index (χ2n) is 10.2. The molecule has 0 aliphatic rings. The van der Waals surface area contributed by atoms with E-state index in [1.165, 1.54) is 17.6 Å². The highest BCUT2D eigenvalue weighted by molar-refractivity contribution is 7.91. The van der Waals surface area contributed by atoms with Crippen molar-refractivity contribution in [3.05, 3.63) is 87.3 Å². The Morgan fingerprint density at radius 2 is 1.54 bits per heavy atom. The second-order valence-corrected chi connectivity index (χ2v) is 14.3. The van der Waals surface area contributed by atoms with Crippen LogP contribution in [0.1, 0.15) is 54.1 Å². The molecule has 0 aliphatic heterocycles. The van der Waals surface area contributed by atoms with Crippen LogP contribution in [0, 0.1) is 0 Å². The third-order valence-electron chi connectivity index (χ3n) is 7.25. The fourth-order valence-electron chi connectivity index (χ4n) is 4.42. The number of fused-ring (bicyclic) bond motifs is 1. The molecule has 0 spiro atoms. The molecule has 8 heteroatoms. The molecule has 0 saturated heterocycles. The summed E-state index contributed by atoms with van der Waals surface area (Å²) in [7, 11) is -1.77. The number of hydrogen-bond donors (Lipinski definition) is 1. The van der Waals surface area contributed by atoms with E-state index in [1.807, 2.05) is 54.6 Å². The van der Waals surface area contributed by atoms with Crippen molar-refractivity contribution in [3.63, 3.8) is 0 Å². The second kappa shape index (κ2) is 9.46. The van der Waals surface area contributed by atoms with Gasteiger partial charge in [-0.2, -0.15) is 0 Å². The van der Waals surface area contributed by atoms with Crippen LogP contribution < -0.4 is 10.5 Å². The molecule has 1 aromatic heterocycles. The Kier molecular flexibility index (Phi) is 6.95. The highest BCUT2D eigenvalue weighted by atomic mass is 35.5. The van der Waals surface area contributed by atoms with Gasteiger partial charge in [0.05, 0.1) is 11.9 Å². The minimum atomic E-state index is -3.40. The van der Waals surface area contributed by atoms with Crippen molar-refractivity contribution in [1.29, 1.82) is 0 Å². The highest BCUT2D eigenvalue weighted by Gasteiger charge is 2.33. The molecule has 5 nitrogen and oxygen atoms in total. The molecule has 0 bridgehead atoms. The maximum Gasteiger partial charge on any atom is 0.259 e. The van der Waals surface area contributed by atoms with Gasteiger partial charge in [-0.25, -0.2) is 8.42 Å². The molecule has 4 rings (SSSR count). The molecule has 194 valence electrons. The van der Waals surface area contributed by atoms with Crippen LogP contribution in [0.4, 0.5) is 0 Å². The smallest absolute Gasteiger partial charge is 0.259 e. The van der Waals surface area contributed by atoms with Crippen molar-refractivity contribution in [1.82, 2.24) is 0 Å². The molecular weight excluding hydrogens is 526 g/mol. The minimum absolute atomic E-state index is 0.403. The Morgan fingerprint density at radius 3 is 2.11 bits per heavy atom. The van der Waals surface area contributed by atoms with Crippen LogP contribution in [-0.2, 0) is 20.0 Å². The number of carbonyl (C=O) groups is 1. The van der Waals surface area contributed by atoms with Gasteiger partial charge in [-0.1, -0.05) is 49.7 Å². The maximum absolute atomic E-state index is 12.5. The van der Waals surface area contributed by atoms with Crippen molar-refractivity contribution >= 4 is 48.8 Å². The molecule has 3 aromatic carbocycles. The first-order chi connectivity index (χ1) is 17.2. The molecule has 4 aromatic rings. The Hall–Kier alpha value is -2.87. The summed E-state index contributed by atoms with van der Waals surface area (Å²) in [6.45, 7) is 7.58. The molecule has 0 radical (unpaired) electrons. The number of benzene rings is 3. The fourth-order valence-corrected chi connectivity index (χ4v) is 6.26. The number of thiophene rings is 1. The zero-order chi connectivity index (χ0) is 27.3. The van der Waals surface area contributed by atoms with Crippen molar-refractivity contribution in [2.24, 2.45) is 5.73 Å². The van der Waals surface area contributed by atoms with Gasteiger partial charge >= 0.3 is 0 Å². The molecule has 0 aliphatic carbocycles. The van der Waals surface area contributed by atoms with Crippen LogP contribution >= 0.6 is 22.9 Å². The lowest BCUT2D eigenvalue weighted by molar-refractivity contribution is 0.100. The van der Waals surface area contributed by atoms with Crippen LogP contribution in [0.3, 0.4) is 0 Å². The van der Waals surface area contributed by atoms with Gasteiger partial charge < -0.3 is 10.5 Å². The number of halogens is 1. The van der Waals surface area contributed by atoms with Crippen LogP contribution in [0.2, 0.25) is 5.02 Å². The topological polar surface area (TPSA) is 86.5 Å². The van der Waals surface area contributed by atoms with E-state index >= 15 is 0 Å². The number of rotatable bonds is 7. The summed E-state index contributed by atoms with van der Waals surface area (Å²) in [5, 5.41) is 1.29. The third-order valence-corrected chi connectivity index (χ3v) is 10.7. The lowest BCUT2D eigenvalue weighted by Crippen LogP contribution is -2.27. The molecule has 0 saturated carbocycles. The van der Waals surface area contributed by atoms with Crippen molar-refractivity contribution in [2.75, 3.05) is 13.4 Å². The quantitative estimate of drug-likeness (QED) is 0.268. The summed E-state index contributed by atoms with van der Waals surface area (Å²) in [6, 6.07) is 19.2. The lowest BCUT2D eigenvalue weighted by atomic mass is 9.77. The number of methoxy groups -OCH3 is 1. The number of amides is 1. The molecule has 37 heavy (non-hydrogen) atoms. The largest absolute Gasteiger partial charge is 0.497 e. The van der Waals surface area contributed by atoms with E-state index in [-0.39, 0.29) is 0 Å². The maximum atomic E-state index is 12.5. The summed E-state index contributed by atoms with van der Waals surface area (Å²) in [5.74, 6) is 0.228. The standard InChI is InChI=1S/C29H30ClNO4S2/c1-28(2,18-7-10-22(35-5)11-8-18)20-13-17(14-21(30)15-20)25-23-16-19(29(3,4)37(6,33)34)9-12-24(23)36-26(25)27(31)32/h7-16H,1-6H3,(H2,31,32). The first-order valence-electron chi connectivity index (χ1n) is 11.7. The summed E-state index contributed by atoms with van der Waals surface area (Å²) < 4.78 is 30.1. The summed E-state index contributed by atoms with van der Waals surface area (Å²) in [6.07, 6.45) is 1.23. The van der Waals surface area contributed by atoms with Crippen molar-refractivity contribution < 1.29 is 17.9 Å². The predicted octanol–water partition coefficient (Wildman–Crippen LogP) is 6.93. The highest BCUT2D eigenvalue weighted by Crippen LogP contribution is 2.44. The van der Waals surface area contributed by atoms with Gasteiger partial charge in [-0.05, 0) is 72.5 Å². The van der Waals surface area contributed by atoms with Crippen LogP contribution in [0.25, 0.3) is 21.2 Å². The molecule has 0 atom stereocenters. The van der Waals surface area contributed by atoms with Gasteiger partial charge in [0.1, 0.15) is 10.6 Å². The zero-order valence-electron chi connectivity index (χ0n) is 21.7. The minimum Gasteiger partial charge on any atom is -0.497 e. The van der Waals surface area contributed by atoms with Gasteiger partial charge in [0.15, 0.2) is 9.84 Å². The van der Waals surface area contributed by atoms with Gasteiger partial charge in [0, 0.05) is 32.3 Å². The number of nitrogens with two attached hydrogens (primary N) is 1. The van der Waals surface area contributed by atoms with E-state index in [0.717, 1.165) is 32.5 Å². The molecule has 0 unspecified atom stereocenters. The van der Waals surface area contributed by atoms with Crippen LogP contribution in [0.5, 0.6) is 5.75 Å². The third kappa shape index (κ3) is 4.88. The lowest BCUT2D eigenvalue weighted by Gasteiger charge is -2.27. The summed E-state index contributed by atoms with van der Waals surface area (Å²) >= 11 is 7.94. The Bertz CT molecular complexity index is 1620. The number of sulfone groups is 1. The normalized spacial score (nSPS) is 12.6. The molecule has 0 fully saturated rings. The predicted molar refractivity (Wildman–Crippen MR) is 154 cm³/mol. The molecule has 2 N–H and O–H groups in total. The molecular formula is C29H30ClNO4S2. The van der Waals surface area contributed by atoms with Gasteiger partial charge in [-0.3, -0.25) is 4.79 Å². The Balaban J connectivity index is 1.96. The van der Waals surface area contributed by atoms with Gasteiger partial charge in [-0.15, -0.1) is 11.3 Å². The molecule has 1 heterocycles. The first-order valence-corrected chi connectivity index (χ1v) is 14.8. The number of ether oxygens (including phenoxy) is 1. The van der Waals surface area contributed by atoms with Crippen LogP contribution in [0.15, 0.2) is 60.7 Å². The average Bonchev–Trinajstić information content (AvgIpc) is 3.22. The number of primary amides is 1. The number of carbonyl (C=O) groups excluding carboxylic acids is 1. The van der Waals surface area contributed by atoms with E-state index in [9.17, 15) is 13.2 Å². The Morgan fingerprint density at radius 1 is 0.919 bits per heavy atom. The van der Waals surface area contributed by atoms with Crippen LogP contribution in [-0.4, -0.2) is 27.7 Å². The monoisotopic (exact) mass is 555 g/mol. The summed E-state index contributed by atoms with van der Waals surface area (Å²) in [5.41, 5.74) is 9.49. The van der Waals surface area contributed by atoms with Crippen molar-refractivity contribution in [3.8, 4) is 16.9 Å². The SMILES string of the molecule is COc1ccc(C(C)(C)c2cc(Cl)cc(-c3c(C(N)=O)sc4ccc(C(C)(C)S(C)(=O)=O)cc34)c2)cc1. The Labute approximate surface area is 227 Å². The average molecular weight is 556 g/mol. The fraction of sp³-hybridized carbons (Fsp3) is 0.276. The molecule has 1 amide bonds. The van der Waals surface area contributed by atoms with E-state index < -0.39 is 25.9 Å². The van der Waals surface area contributed by atoms with E-state index in [1.54, 1.807) is 27.0 Å². The first kappa shape index (κ1) is 27.2.